The second-order valence-corrected chi connectivity index (χ2v) is 10.8. The number of carbonyl (C=O) groups is 2. The highest BCUT2D eigenvalue weighted by molar-refractivity contribution is 9.10. The maximum Gasteiger partial charge on any atom is 0.497 e. The summed E-state index contributed by atoms with van der Waals surface area (Å²) in [6, 6.07) is 12.6. The van der Waals surface area contributed by atoms with Gasteiger partial charge in [0.15, 0.2) is 0 Å². The number of quaternary nitrogens is 1. The summed E-state index contributed by atoms with van der Waals surface area (Å²) in [7, 11) is 0. The van der Waals surface area contributed by atoms with Crippen molar-refractivity contribution in [2.24, 2.45) is 5.92 Å². The van der Waals surface area contributed by atoms with Crippen molar-refractivity contribution in [1.82, 2.24) is 5.32 Å². The summed E-state index contributed by atoms with van der Waals surface area (Å²) in [4.78, 5) is 30.6. The first-order chi connectivity index (χ1) is 18.0. The minimum absolute atomic E-state index is 0.109. The lowest BCUT2D eigenvalue weighted by Crippen LogP contribution is -2.64. The second kappa shape index (κ2) is 11.7. The third-order valence-electron chi connectivity index (χ3n) is 7.58. The number of nitrogens with zero attached hydrogens (tertiary/aromatic N) is 1. The molecule has 1 N–H and O–H groups in total. The molecular weight excluding hydrogens is 572 g/mol. The molecule has 38 heavy (non-hydrogen) atoms. The van der Waals surface area contributed by atoms with Crippen LogP contribution in [0.4, 0.5) is 17.6 Å². The molecule has 2 fully saturated rings. The van der Waals surface area contributed by atoms with Gasteiger partial charge in [-0.3, -0.25) is 9.63 Å². The fourth-order valence-corrected chi connectivity index (χ4v) is 5.79. The molecule has 2 aromatic carbocycles. The van der Waals surface area contributed by atoms with E-state index in [9.17, 15) is 27.2 Å². The molecule has 11 heteroatoms. The number of hydrogen-bond donors (Lipinski definition) is 1. The Morgan fingerprint density at radius 2 is 1.68 bits per heavy atom. The van der Waals surface area contributed by atoms with Crippen LogP contribution in [0, 0.1) is 11.7 Å². The molecule has 206 valence electrons. The molecule has 1 amide bonds. The number of halogens is 5. The molecule has 1 aliphatic heterocycles. The Morgan fingerprint density at radius 3 is 2.29 bits per heavy atom. The van der Waals surface area contributed by atoms with E-state index in [1.807, 2.05) is 31.2 Å². The number of ether oxygens (including phenoxy) is 1. The lowest BCUT2D eigenvalue weighted by molar-refractivity contribution is -1.11. The first-order valence-corrected chi connectivity index (χ1v) is 13.3. The van der Waals surface area contributed by atoms with Crippen LogP contribution in [-0.2, 0) is 19.2 Å². The summed E-state index contributed by atoms with van der Waals surface area (Å²) >= 11 is 3.42. The molecule has 0 aromatic heterocycles. The molecule has 1 heterocycles. The van der Waals surface area contributed by atoms with Crippen LogP contribution in [0.15, 0.2) is 53.0 Å². The molecule has 0 unspecified atom stereocenters. The van der Waals surface area contributed by atoms with Gasteiger partial charge in [-0.1, -0.05) is 40.2 Å². The van der Waals surface area contributed by atoms with Crippen molar-refractivity contribution in [1.29, 1.82) is 0 Å². The van der Waals surface area contributed by atoms with E-state index in [4.69, 9.17) is 9.57 Å². The van der Waals surface area contributed by atoms with Crippen LogP contribution in [0.1, 0.15) is 49.3 Å². The molecule has 2 aliphatic rings. The van der Waals surface area contributed by atoms with E-state index in [1.165, 1.54) is 12.1 Å². The molecule has 6 nitrogen and oxygen atoms in total. The van der Waals surface area contributed by atoms with Crippen LogP contribution in [0.2, 0.25) is 0 Å². The lowest BCUT2D eigenvalue weighted by Gasteiger charge is -2.47. The zero-order valence-electron chi connectivity index (χ0n) is 20.8. The van der Waals surface area contributed by atoms with E-state index in [-0.39, 0.29) is 50.0 Å². The van der Waals surface area contributed by atoms with Crippen molar-refractivity contribution in [3.8, 4) is 0 Å². The summed E-state index contributed by atoms with van der Waals surface area (Å²) in [6.07, 6.45) is -3.95. The van der Waals surface area contributed by atoms with E-state index in [0.717, 1.165) is 15.6 Å². The fraction of sp³-hybridized carbons (Fsp3) is 0.481. The average molecular weight is 602 g/mol. The SMILES string of the molecule is C[C@@H](NC(=O)[C@@H]1CC[C@@H]([N+]2(OC(=O)C(F)(F)F)CCOCC2)C[C@H]1c1ccc(Br)cc1)c1ccc(F)cc1. The number of amides is 1. The minimum atomic E-state index is -5.11. The third kappa shape index (κ3) is 6.55. The Kier molecular flexibility index (Phi) is 8.78. The molecule has 0 bridgehead atoms. The number of benzene rings is 2. The Morgan fingerprint density at radius 1 is 1.05 bits per heavy atom. The Balaban J connectivity index is 1.59. The van der Waals surface area contributed by atoms with Crippen molar-refractivity contribution < 1.29 is 41.4 Å². The van der Waals surface area contributed by atoms with Gasteiger partial charge in [0.25, 0.3) is 0 Å². The maximum absolute atomic E-state index is 13.5. The first kappa shape index (κ1) is 28.5. The normalized spacial score (nSPS) is 24.3. The summed E-state index contributed by atoms with van der Waals surface area (Å²) in [6.45, 7) is 2.37. The topological polar surface area (TPSA) is 64.6 Å². The van der Waals surface area contributed by atoms with Crippen molar-refractivity contribution in [2.45, 2.75) is 50.4 Å². The number of hydroxylamine groups is 3. The zero-order valence-corrected chi connectivity index (χ0v) is 22.4. The van der Waals surface area contributed by atoms with Crippen molar-refractivity contribution in [2.75, 3.05) is 26.3 Å². The minimum Gasteiger partial charge on any atom is -0.369 e. The second-order valence-electron chi connectivity index (χ2n) is 9.90. The lowest BCUT2D eigenvalue weighted by atomic mass is 9.72. The summed E-state index contributed by atoms with van der Waals surface area (Å²) < 4.78 is 58.6. The van der Waals surface area contributed by atoms with Crippen LogP contribution in [0.3, 0.4) is 0 Å². The van der Waals surface area contributed by atoms with Gasteiger partial charge < -0.3 is 10.1 Å². The van der Waals surface area contributed by atoms with Crippen LogP contribution in [0.5, 0.6) is 0 Å². The summed E-state index contributed by atoms with van der Waals surface area (Å²) in [5.74, 6) is -3.53. The van der Waals surface area contributed by atoms with E-state index in [0.29, 0.717) is 19.3 Å². The maximum atomic E-state index is 13.5. The Hall–Kier alpha value is -2.50. The highest BCUT2D eigenvalue weighted by atomic mass is 79.9. The van der Waals surface area contributed by atoms with E-state index in [2.05, 4.69) is 21.2 Å². The van der Waals surface area contributed by atoms with Gasteiger partial charge in [0, 0.05) is 29.2 Å². The third-order valence-corrected chi connectivity index (χ3v) is 8.10. The highest BCUT2D eigenvalue weighted by Crippen LogP contribution is 2.43. The number of hydrogen-bond acceptors (Lipinski definition) is 4. The molecule has 0 radical (unpaired) electrons. The molecule has 1 saturated carbocycles. The number of morpholine rings is 1. The molecule has 0 spiro atoms. The molecule has 4 atom stereocenters. The monoisotopic (exact) mass is 601 g/mol. The number of rotatable bonds is 6. The average Bonchev–Trinajstić information content (AvgIpc) is 2.89. The largest absolute Gasteiger partial charge is 0.497 e. The van der Waals surface area contributed by atoms with Gasteiger partial charge in [-0.25, -0.2) is 9.18 Å². The first-order valence-electron chi connectivity index (χ1n) is 12.5. The standard InChI is InChI=1S/C27H29BrF4N2O4/c1-17(18-4-8-21(29)9-5-18)33-25(35)23-11-10-22(16-24(23)19-2-6-20(28)7-3-19)34(12-14-37-15-13-34)38-26(36)27(30,31)32/h2-9,17,22-24H,10-16H2,1H3/p+1/t17-,22-,23-,24+/m1/s1. The van der Waals surface area contributed by atoms with Crippen LogP contribution in [0.25, 0.3) is 0 Å². The molecule has 4 rings (SSSR count). The van der Waals surface area contributed by atoms with Gasteiger partial charge in [0.1, 0.15) is 24.9 Å². The number of nitrogens with one attached hydrogen (secondary N) is 1. The van der Waals surface area contributed by atoms with Gasteiger partial charge in [0.05, 0.1) is 19.3 Å². The number of carbonyl (C=O) groups excluding carboxylic acids is 2. The van der Waals surface area contributed by atoms with Crippen molar-refractivity contribution in [3.63, 3.8) is 0 Å². The van der Waals surface area contributed by atoms with Gasteiger partial charge in [-0.2, -0.15) is 13.2 Å². The van der Waals surface area contributed by atoms with Crippen molar-refractivity contribution in [3.05, 3.63) is 69.9 Å². The predicted molar refractivity (Wildman–Crippen MR) is 134 cm³/mol. The zero-order chi connectivity index (χ0) is 27.5. The molecule has 1 aliphatic carbocycles. The van der Waals surface area contributed by atoms with Gasteiger partial charge in [-0.15, -0.1) is 4.65 Å². The van der Waals surface area contributed by atoms with Gasteiger partial charge >= 0.3 is 12.1 Å². The highest BCUT2D eigenvalue weighted by Gasteiger charge is 2.53. The summed E-state index contributed by atoms with van der Waals surface area (Å²) in [5.41, 5.74) is 1.63. The van der Waals surface area contributed by atoms with Crippen LogP contribution in [-0.4, -0.2) is 55.0 Å². The molecule has 1 saturated heterocycles. The van der Waals surface area contributed by atoms with Crippen molar-refractivity contribution >= 4 is 27.8 Å². The number of alkyl halides is 3. The Labute approximate surface area is 227 Å². The Bertz CT molecular complexity index is 1120. The fourth-order valence-electron chi connectivity index (χ4n) is 5.52. The van der Waals surface area contributed by atoms with E-state index in [1.54, 1.807) is 12.1 Å². The van der Waals surface area contributed by atoms with E-state index < -0.39 is 28.8 Å². The smallest absolute Gasteiger partial charge is 0.369 e. The molecular formula is C27H30BrF4N2O4+. The van der Waals surface area contributed by atoms with Crippen LogP contribution < -0.4 is 5.32 Å². The quantitative estimate of drug-likeness (QED) is 0.346. The molecule has 2 aromatic rings. The predicted octanol–water partition coefficient (Wildman–Crippen LogP) is 5.59. The van der Waals surface area contributed by atoms with Gasteiger partial charge in [-0.05, 0) is 48.7 Å². The van der Waals surface area contributed by atoms with Gasteiger partial charge in [0.2, 0.25) is 5.91 Å². The van der Waals surface area contributed by atoms with Crippen LogP contribution >= 0.6 is 15.9 Å². The summed E-state index contributed by atoms with van der Waals surface area (Å²) in [5, 5.41) is 3.02. The van der Waals surface area contributed by atoms with E-state index >= 15 is 0 Å².